The number of hydrogen-bond acceptors (Lipinski definition) is 6. The third-order valence-corrected chi connectivity index (χ3v) is 4.07. The van der Waals surface area contributed by atoms with E-state index in [9.17, 15) is 9.18 Å². The van der Waals surface area contributed by atoms with Crippen LogP contribution < -0.4 is 24.8 Å². The Hall–Kier alpha value is -3.88. The molecule has 3 rings (SSSR count). The standard InChI is InChI=1S/C21H21FN4O4/c1-28-16-7-8-18(19(13-16)29-2)24-21(27)23-11-12-30-20-10-9-17(25-26-20)14-3-5-15(22)6-4-14/h3-10,13H,11-12H2,1-2H3,(H2,23,24,27). The van der Waals surface area contributed by atoms with Gasteiger partial charge in [-0.15, -0.1) is 10.2 Å². The van der Waals surface area contributed by atoms with Crippen LogP contribution in [0.2, 0.25) is 0 Å². The fourth-order valence-electron chi connectivity index (χ4n) is 2.56. The molecule has 156 valence electrons. The molecule has 2 amide bonds. The van der Waals surface area contributed by atoms with Crippen LogP contribution in [0.5, 0.6) is 17.4 Å². The summed E-state index contributed by atoms with van der Waals surface area (Å²) in [7, 11) is 3.06. The lowest BCUT2D eigenvalue weighted by Crippen LogP contribution is -2.32. The molecular weight excluding hydrogens is 391 g/mol. The van der Waals surface area contributed by atoms with Crippen molar-refractivity contribution in [3.05, 3.63) is 60.4 Å². The Labute approximate surface area is 173 Å². The van der Waals surface area contributed by atoms with E-state index in [0.29, 0.717) is 28.8 Å². The van der Waals surface area contributed by atoms with Crippen LogP contribution >= 0.6 is 0 Å². The molecule has 1 aromatic heterocycles. The largest absolute Gasteiger partial charge is 0.497 e. The maximum Gasteiger partial charge on any atom is 0.319 e. The Bertz CT molecular complexity index is 981. The number of carbonyl (C=O) groups is 1. The number of hydrogen-bond donors (Lipinski definition) is 2. The lowest BCUT2D eigenvalue weighted by atomic mass is 10.1. The first-order valence-corrected chi connectivity index (χ1v) is 9.08. The van der Waals surface area contributed by atoms with Crippen molar-refractivity contribution in [3.63, 3.8) is 0 Å². The van der Waals surface area contributed by atoms with E-state index in [0.717, 1.165) is 5.56 Å². The lowest BCUT2D eigenvalue weighted by Gasteiger charge is -2.12. The van der Waals surface area contributed by atoms with E-state index in [1.54, 1.807) is 49.6 Å². The van der Waals surface area contributed by atoms with Crippen molar-refractivity contribution in [1.29, 1.82) is 0 Å². The number of anilines is 1. The van der Waals surface area contributed by atoms with Gasteiger partial charge in [-0.3, -0.25) is 0 Å². The topological polar surface area (TPSA) is 94.6 Å². The van der Waals surface area contributed by atoms with Crippen LogP contribution in [-0.4, -0.2) is 43.6 Å². The number of amides is 2. The molecule has 8 nitrogen and oxygen atoms in total. The van der Waals surface area contributed by atoms with Crippen LogP contribution in [0.25, 0.3) is 11.3 Å². The molecule has 0 saturated heterocycles. The second-order valence-electron chi connectivity index (χ2n) is 6.06. The number of methoxy groups -OCH3 is 2. The minimum atomic E-state index is -0.403. The maximum atomic E-state index is 13.0. The average Bonchev–Trinajstić information content (AvgIpc) is 2.78. The summed E-state index contributed by atoms with van der Waals surface area (Å²) in [5, 5.41) is 13.4. The molecule has 3 aromatic rings. The summed E-state index contributed by atoms with van der Waals surface area (Å²) in [6.45, 7) is 0.462. The van der Waals surface area contributed by atoms with Crippen LogP contribution in [-0.2, 0) is 0 Å². The van der Waals surface area contributed by atoms with Gasteiger partial charge in [-0.25, -0.2) is 9.18 Å². The zero-order valence-corrected chi connectivity index (χ0v) is 16.5. The van der Waals surface area contributed by atoms with E-state index in [1.165, 1.54) is 19.2 Å². The van der Waals surface area contributed by atoms with E-state index in [2.05, 4.69) is 20.8 Å². The summed E-state index contributed by atoms with van der Waals surface area (Å²) >= 11 is 0. The van der Waals surface area contributed by atoms with E-state index < -0.39 is 6.03 Å². The molecule has 0 radical (unpaired) electrons. The van der Waals surface area contributed by atoms with Gasteiger partial charge in [0.1, 0.15) is 23.9 Å². The van der Waals surface area contributed by atoms with Crippen LogP contribution in [0.3, 0.4) is 0 Å². The summed E-state index contributed by atoms with van der Waals surface area (Å²) in [6, 6.07) is 14.0. The monoisotopic (exact) mass is 412 g/mol. The smallest absolute Gasteiger partial charge is 0.319 e. The Morgan fingerprint density at radius 2 is 1.80 bits per heavy atom. The van der Waals surface area contributed by atoms with E-state index in [1.807, 2.05) is 0 Å². The second-order valence-corrected chi connectivity index (χ2v) is 6.06. The summed E-state index contributed by atoms with van der Waals surface area (Å²) in [5.41, 5.74) is 1.87. The number of halogens is 1. The predicted molar refractivity (Wildman–Crippen MR) is 109 cm³/mol. The fourth-order valence-corrected chi connectivity index (χ4v) is 2.56. The summed E-state index contributed by atoms with van der Waals surface area (Å²) in [4.78, 5) is 12.1. The number of rotatable bonds is 8. The van der Waals surface area contributed by atoms with E-state index >= 15 is 0 Å². The minimum Gasteiger partial charge on any atom is -0.497 e. The highest BCUT2D eigenvalue weighted by Crippen LogP contribution is 2.28. The molecular formula is C21H21FN4O4. The van der Waals surface area contributed by atoms with Gasteiger partial charge >= 0.3 is 6.03 Å². The van der Waals surface area contributed by atoms with Crippen LogP contribution in [0.1, 0.15) is 0 Å². The predicted octanol–water partition coefficient (Wildman–Crippen LogP) is 3.50. The maximum absolute atomic E-state index is 13.0. The van der Waals surface area contributed by atoms with Crippen molar-refractivity contribution in [2.24, 2.45) is 0 Å². The molecule has 2 aromatic carbocycles. The summed E-state index contributed by atoms with van der Waals surface area (Å²) in [5.74, 6) is 1.11. The van der Waals surface area contributed by atoms with Gasteiger partial charge in [0.25, 0.3) is 0 Å². The first-order chi connectivity index (χ1) is 14.6. The van der Waals surface area contributed by atoms with Gasteiger partial charge in [0.05, 0.1) is 32.1 Å². The Balaban J connectivity index is 1.44. The highest BCUT2D eigenvalue weighted by atomic mass is 19.1. The quantitative estimate of drug-likeness (QED) is 0.550. The third-order valence-electron chi connectivity index (χ3n) is 4.07. The Morgan fingerprint density at radius 1 is 1.00 bits per heavy atom. The molecule has 0 aliphatic heterocycles. The first kappa shape index (κ1) is 20.8. The van der Waals surface area contributed by atoms with Crippen molar-refractivity contribution in [3.8, 4) is 28.6 Å². The molecule has 0 aliphatic rings. The molecule has 9 heteroatoms. The van der Waals surface area contributed by atoms with Gasteiger partial charge in [-0.2, -0.15) is 0 Å². The Kier molecular flexibility index (Phi) is 6.99. The molecule has 0 atom stereocenters. The van der Waals surface area contributed by atoms with Gasteiger partial charge < -0.3 is 24.8 Å². The number of benzene rings is 2. The third kappa shape index (κ3) is 5.57. The van der Waals surface area contributed by atoms with Crippen LogP contribution in [0.4, 0.5) is 14.9 Å². The molecule has 0 spiro atoms. The highest BCUT2D eigenvalue weighted by Gasteiger charge is 2.09. The molecule has 30 heavy (non-hydrogen) atoms. The number of aromatic nitrogens is 2. The normalized spacial score (nSPS) is 10.2. The number of ether oxygens (including phenoxy) is 3. The molecule has 0 bridgehead atoms. The molecule has 0 fully saturated rings. The van der Waals surface area contributed by atoms with Crippen molar-refractivity contribution in [1.82, 2.24) is 15.5 Å². The zero-order chi connectivity index (χ0) is 21.3. The fraction of sp³-hybridized carbons (Fsp3) is 0.190. The van der Waals surface area contributed by atoms with Gasteiger partial charge in [0.15, 0.2) is 0 Å². The first-order valence-electron chi connectivity index (χ1n) is 9.08. The SMILES string of the molecule is COc1ccc(NC(=O)NCCOc2ccc(-c3ccc(F)cc3)nn2)c(OC)c1. The molecule has 2 N–H and O–H groups in total. The van der Waals surface area contributed by atoms with Crippen molar-refractivity contribution < 1.29 is 23.4 Å². The van der Waals surface area contributed by atoms with Gasteiger partial charge in [0.2, 0.25) is 5.88 Å². The zero-order valence-electron chi connectivity index (χ0n) is 16.5. The van der Waals surface area contributed by atoms with Crippen LogP contribution in [0, 0.1) is 5.82 Å². The van der Waals surface area contributed by atoms with Gasteiger partial charge in [-0.05, 0) is 42.5 Å². The van der Waals surface area contributed by atoms with Gasteiger partial charge in [0, 0.05) is 17.7 Å². The van der Waals surface area contributed by atoms with Crippen LogP contribution in [0.15, 0.2) is 54.6 Å². The number of nitrogens with zero attached hydrogens (tertiary/aromatic N) is 2. The number of nitrogens with one attached hydrogen (secondary N) is 2. The van der Waals surface area contributed by atoms with Crippen molar-refractivity contribution >= 4 is 11.7 Å². The van der Waals surface area contributed by atoms with Gasteiger partial charge in [-0.1, -0.05) is 0 Å². The summed E-state index contributed by atoms with van der Waals surface area (Å²) in [6.07, 6.45) is 0. The van der Waals surface area contributed by atoms with Crippen molar-refractivity contribution in [2.75, 3.05) is 32.7 Å². The minimum absolute atomic E-state index is 0.206. The molecule has 0 saturated carbocycles. The summed E-state index contributed by atoms with van der Waals surface area (Å²) < 4.78 is 28.8. The molecule has 0 aliphatic carbocycles. The number of carbonyl (C=O) groups excluding carboxylic acids is 1. The average molecular weight is 412 g/mol. The van der Waals surface area contributed by atoms with E-state index in [-0.39, 0.29) is 19.0 Å². The molecule has 0 unspecified atom stereocenters. The molecule has 1 heterocycles. The highest BCUT2D eigenvalue weighted by molar-refractivity contribution is 5.91. The number of urea groups is 1. The van der Waals surface area contributed by atoms with E-state index in [4.69, 9.17) is 14.2 Å². The van der Waals surface area contributed by atoms with Crippen molar-refractivity contribution in [2.45, 2.75) is 0 Å². The second kappa shape index (κ2) is 10.1. The Morgan fingerprint density at radius 3 is 2.47 bits per heavy atom. The lowest BCUT2D eigenvalue weighted by molar-refractivity contribution is 0.246.